The van der Waals surface area contributed by atoms with Crippen molar-refractivity contribution in [3.05, 3.63) is 30.5 Å². The average Bonchev–Trinajstić information content (AvgIpc) is 2.61. The van der Waals surface area contributed by atoms with Crippen molar-refractivity contribution in [1.29, 1.82) is 0 Å². The van der Waals surface area contributed by atoms with Crippen molar-refractivity contribution >= 4 is 17.0 Å². The number of carbonyl (C=O) groups excluding carboxylic acids is 1. The minimum Gasteiger partial charge on any atom is -0.448 e. The zero-order valence-corrected chi connectivity index (χ0v) is 7.73. The van der Waals surface area contributed by atoms with Crippen LogP contribution >= 0.6 is 0 Å². The van der Waals surface area contributed by atoms with Gasteiger partial charge in [0.05, 0.1) is 18.3 Å². The lowest BCUT2D eigenvalue weighted by molar-refractivity contribution is 0.151. The fourth-order valence-corrected chi connectivity index (χ4v) is 1.24. The number of hydrogen-bond donors (Lipinski definition) is 0. The molecule has 0 aliphatic rings. The molecule has 1 aromatic carbocycles. The molecule has 0 fully saturated rings. The molecule has 0 saturated heterocycles. The fourth-order valence-electron chi connectivity index (χ4n) is 1.24. The highest BCUT2D eigenvalue weighted by atomic mass is 16.5. The number of ether oxygens (including phenoxy) is 1. The van der Waals surface area contributed by atoms with Gasteiger partial charge in [-0.25, -0.2) is 4.79 Å². The van der Waals surface area contributed by atoms with Gasteiger partial charge in [0.1, 0.15) is 0 Å². The number of rotatable bonds is 1. The molecule has 0 N–H and O–H groups in total. The molecule has 0 bridgehead atoms. The van der Waals surface area contributed by atoms with Gasteiger partial charge in [-0.05, 0) is 19.1 Å². The van der Waals surface area contributed by atoms with Crippen LogP contribution in [-0.4, -0.2) is 22.5 Å². The molecule has 0 saturated carbocycles. The lowest BCUT2D eigenvalue weighted by atomic mass is 10.3. The van der Waals surface area contributed by atoms with E-state index in [2.05, 4.69) is 11.2 Å². The third kappa shape index (κ3) is 1.35. The molecule has 0 atom stereocenters. The maximum absolute atomic E-state index is 11.4. The van der Waals surface area contributed by atoms with Gasteiger partial charge in [-0.1, -0.05) is 12.1 Å². The SMILES string of the molecule is CCOC(=O)n1ncc2cc[c]cc21. The Morgan fingerprint density at radius 2 is 2.57 bits per heavy atom. The lowest BCUT2D eigenvalue weighted by Gasteiger charge is -2.01. The third-order valence-electron chi connectivity index (χ3n) is 1.86. The second-order valence-corrected chi connectivity index (χ2v) is 2.74. The van der Waals surface area contributed by atoms with Crippen LogP contribution in [0, 0.1) is 6.07 Å². The van der Waals surface area contributed by atoms with E-state index in [1.165, 1.54) is 4.68 Å². The van der Waals surface area contributed by atoms with E-state index in [1.54, 1.807) is 25.3 Å². The van der Waals surface area contributed by atoms with Crippen molar-refractivity contribution in [2.45, 2.75) is 6.92 Å². The standard InChI is InChI=1S/C10H9N2O2/c1-2-14-10(13)12-9-6-4-3-5-8(9)7-11-12/h3,5-7H,2H2,1H3. The summed E-state index contributed by atoms with van der Waals surface area (Å²) in [4.78, 5) is 11.4. The Hall–Kier alpha value is -1.84. The number of nitrogens with zero attached hydrogens (tertiary/aromatic N) is 2. The smallest absolute Gasteiger partial charge is 0.435 e. The highest BCUT2D eigenvalue weighted by Gasteiger charge is 2.09. The Balaban J connectivity index is 2.47. The average molecular weight is 189 g/mol. The van der Waals surface area contributed by atoms with Crippen LogP contribution in [0.25, 0.3) is 10.9 Å². The number of fused-ring (bicyclic) bond motifs is 1. The third-order valence-corrected chi connectivity index (χ3v) is 1.86. The van der Waals surface area contributed by atoms with Crippen LogP contribution < -0.4 is 0 Å². The molecule has 1 aromatic heterocycles. The second kappa shape index (κ2) is 3.49. The van der Waals surface area contributed by atoms with Crippen LogP contribution in [0.4, 0.5) is 4.79 Å². The van der Waals surface area contributed by atoms with Gasteiger partial charge in [-0.15, -0.1) is 0 Å². The number of hydrogen-bond acceptors (Lipinski definition) is 3. The zero-order valence-electron chi connectivity index (χ0n) is 7.73. The maximum Gasteiger partial charge on any atom is 0.435 e. The highest BCUT2D eigenvalue weighted by Crippen LogP contribution is 2.12. The van der Waals surface area contributed by atoms with Crippen LogP contribution in [0.15, 0.2) is 24.4 Å². The molecule has 2 rings (SSSR count). The molecule has 14 heavy (non-hydrogen) atoms. The molecule has 0 unspecified atom stereocenters. The molecular weight excluding hydrogens is 180 g/mol. The van der Waals surface area contributed by atoms with Gasteiger partial charge >= 0.3 is 6.09 Å². The lowest BCUT2D eigenvalue weighted by Crippen LogP contribution is -2.14. The molecule has 4 heteroatoms. The summed E-state index contributed by atoms with van der Waals surface area (Å²) < 4.78 is 6.07. The summed E-state index contributed by atoms with van der Waals surface area (Å²) >= 11 is 0. The van der Waals surface area contributed by atoms with Gasteiger partial charge in [0.15, 0.2) is 0 Å². The normalized spacial score (nSPS) is 10.4. The summed E-state index contributed by atoms with van der Waals surface area (Å²) in [6, 6.07) is 8.22. The number of aromatic nitrogens is 2. The molecule has 1 radical (unpaired) electrons. The first-order valence-corrected chi connectivity index (χ1v) is 4.34. The van der Waals surface area contributed by atoms with E-state index in [4.69, 9.17) is 4.74 Å². The van der Waals surface area contributed by atoms with Crippen molar-refractivity contribution < 1.29 is 9.53 Å². The number of benzene rings is 1. The Labute approximate surface area is 81.1 Å². The highest BCUT2D eigenvalue weighted by molar-refractivity contribution is 5.87. The van der Waals surface area contributed by atoms with Gasteiger partial charge in [0, 0.05) is 5.39 Å². The maximum atomic E-state index is 11.4. The van der Waals surface area contributed by atoms with Gasteiger partial charge in [0.2, 0.25) is 0 Å². The van der Waals surface area contributed by atoms with Crippen LogP contribution in [0.2, 0.25) is 0 Å². The van der Waals surface area contributed by atoms with Crippen molar-refractivity contribution in [1.82, 2.24) is 9.78 Å². The van der Waals surface area contributed by atoms with Crippen molar-refractivity contribution in [2.75, 3.05) is 6.61 Å². The first-order valence-electron chi connectivity index (χ1n) is 4.34. The summed E-state index contributed by atoms with van der Waals surface area (Å²) in [6.45, 7) is 2.10. The second-order valence-electron chi connectivity index (χ2n) is 2.74. The van der Waals surface area contributed by atoms with Crippen LogP contribution in [-0.2, 0) is 4.74 Å². The molecule has 0 amide bonds. The summed E-state index contributed by atoms with van der Waals surface area (Å²) in [5, 5.41) is 4.84. The largest absolute Gasteiger partial charge is 0.448 e. The van der Waals surface area contributed by atoms with Crippen LogP contribution in [0.1, 0.15) is 6.92 Å². The van der Waals surface area contributed by atoms with E-state index in [9.17, 15) is 4.79 Å². The fraction of sp³-hybridized carbons (Fsp3) is 0.200. The Kier molecular flexibility index (Phi) is 2.18. The van der Waals surface area contributed by atoms with Crippen LogP contribution in [0.5, 0.6) is 0 Å². The van der Waals surface area contributed by atoms with Gasteiger partial charge in [0.25, 0.3) is 0 Å². The molecule has 0 aliphatic heterocycles. The Morgan fingerprint density at radius 3 is 3.36 bits per heavy atom. The molecule has 1 heterocycles. The zero-order chi connectivity index (χ0) is 9.97. The van der Waals surface area contributed by atoms with Gasteiger partial charge < -0.3 is 4.74 Å². The van der Waals surface area contributed by atoms with E-state index in [0.29, 0.717) is 12.1 Å². The molecular formula is C10H9N2O2. The quantitative estimate of drug-likeness (QED) is 0.687. The van der Waals surface area contributed by atoms with Gasteiger partial charge in [-0.2, -0.15) is 9.78 Å². The molecule has 2 aromatic rings. The van der Waals surface area contributed by atoms with E-state index in [0.717, 1.165) is 5.39 Å². The predicted molar refractivity (Wildman–Crippen MR) is 51.0 cm³/mol. The molecule has 71 valence electrons. The van der Waals surface area contributed by atoms with E-state index >= 15 is 0 Å². The topological polar surface area (TPSA) is 44.1 Å². The molecule has 0 aliphatic carbocycles. The first-order chi connectivity index (χ1) is 6.83. The summed E-state index contributed by atoms with van der Waals surface area (Å²) in [5.41, 5.74) is 0.714. The van der Waals surface area contributed by atoms with Crippen molar-refractivity contribution in [3.63, 3.8) is 0 Å². The molecule has 4 nitrogen and oxygen atoms in total. The minimum absolute atomic E-state index is 0.344. The van der Waals surface area contributed by atoms with Crippen molar-refractivity contribution in [3.8, 4) is 0 Å². The van der Waals surface area contributed by atoms with Crippen LogP contribution in [0.3, 0.4) is 0 Å². The predicted octanol–water partition coefficient (Wildman–Crippen LogP) is 1.84. The summed E-state index contributed by atoms with van der Waals surface area (Å²) in [7, 11) is 0. The van der Waals surface area contributed by atoms with Crippen molar-refractivity contribution in [2.24, 2.45) is 0 Å². The summed E-state index contributed by atoms with van der Waals surface area (Å²) in [6.07, 6.45) is 1.17. The minimum atomic E-state index is -0.456. The van der Waals surface area contributed by atoms with Gasteiger partial charge in [-0.3, -0.25) is 0 Å². The Morgan fingerprint density at radius 1 is 1.71 bits per heavy atom. The number of carbonyl (C=O) groups is 1. The summed E-state index contributed by atoms with van der Waals surface area (Å²) in [5.74, 6) is 0. The van der Waals surface area contributed by atoms with E-state index in [-0.39, 0.29) is 0 Å². The molecule has 0 spiro atoms. The van der Waals surface area contributed by atoms with E-state index < -0.39 is 6.09 Å². The first kappa shape index (κ1) is 8.74. The monoisotopic (exact) mass is 189 g/mol. The van der Waals surface area contributed by atoms with E-state index in [1.807, 2.05) is 6.07 Å². The Bertz CT molecular complexity index is 462.